The third-order valence-corrected chi connectivity index (χ3v) is 7.26. The number of aromatic nitrogens is 2. The minimum Gasteiger partial charge on any atom is -0.494 e. The number of rotatable bonds is 11. The Kier molecular flexibility index (Phi) is 9.69. The third kappa shape index (κ3) is 7.33. The van der Waals surface area contributed by atoms with Crippen molar-refractivity contribution in [2.24, 2.45) is 5.10 Å². The first-order chi connectivity index (χ1) is 22.5. The summed E-state index contributed by atoms with van der Waals surface area (Å²) in [4.78, 5) is 42.3. The molecule has 5 rings (SSSR count). The summed E-state index contributed by atoms with van der Waals surface area (Å²) in [7, 11) is 0. The average molecular weight is 638 g/mol. The Morgan fingerprint density at radius 3 is 2.57 bits per heavy atom. The molecule has 1 amide bonds. The highest BCUT2D eigenvalue weighted by Gasteiger charge is 2.19. The molecule has 5 aromatic rings. The van der Waals surface area contributed by atoms with E-state index in [1.165, 1.54) is 42.6 Å². The van der Waals surface area contributed by atoms with Gasteiger partial charge in [-0.25, -0.2) is 9.37 Å². The van der Waals surface area contributed by atoms with E-state index in [1.54, 1.807) is 24.3 Å². The largest absolute Gasteiger partial charge is 0.494 e. The number of ether oxygens (including phenoxy) is 2. The molecule has 0 saturated heterocycles. The van der Waals surface area contributed by atoms with E-state index in [9.17, 15) is 24.1 Å². The first-order valence-electron chi connectivity index (χ1n) is 14.9. The van der Waals surface area contributed by atoms with Crippen LogP contribution >= 0.6 is 0 Å². The molecule has 11 nitrogen and oxygen atoms in total. The second-order valence-corrected chi connectivity index (χ2v) is 10.9. The number of halogens is 1. The fourth-order valence-electron chi connectivity index (χ4n) is 4.98. The smallest absolute Gasteiger partial charge is 0.282 e. The summed E-state index contributed by atoms with van der Waals surface area (Å²) in [6.45, 7) is 7.88. The van der Waals surface area contributed by atoms with Crippen molar-refractivity contribution in [3.8, 4) is 22.9 Å². The minimum absolute atomic E-state index is 0.0939. The van der Waals surface area contributed by atoms with Crippen molar-refractivity contribution in [2.45, 2.75) is 33.6 Å². The molecule has 0 atom stereocenters. The molecular formula is C35H32FN5O6. The Bertz CT molecular complexity index is 2070. The van der Waals surface area contributed by atoms with Crippen molar-refractivity contribution in [3.63, 3.8) is 0 Å². The van der Waals surface area contributed by atoms with Gasteiger partial charge in [-0.05, 0) is 79.4 Å². The number of nitro groups is 1. The van der Waals surface area contributed by atoms with Crippen LogP contribution in [0.2, 0.25) is 0 Å². The van der Waals surface area contributed by atoms with Crippen LogP contribution in [0.5, 0.6) is 11.5 Å². The quantitative estimate of drug-likeness (QED) is 0.0951. The van der Waals surface area contributed by atoms with Crippen LogP contribution in [0.25, 0.3) is 22.3 Å². The number of para-hydroxylation sites is 1. The summed E-state index contributed by atoms with van der Waals surface area (Å²) < 4.78 is 26.3. The van der Waals surface area contributed by atoms with Crippen LogP contribution in [0.3, 0.4) is 0 Å². The normalized spacial score (nSPS) is 11.3. The Morgan fingerprint density at radius 2 is 1.85 bits per heavy atom. The highest BCUT2D eigenvalue weighted by atomic mass is 19.1. The molecule has 47 heavy (non-hydrogen) atoms. The van der Waals surface area contributed by atoms with E-state index in [2.05, 4.69) is 10.4 Å². The summed E-state index contributed by atoms with van der Waals surface area (Å²) in [5.41, 5.74) is 2.52. The van der Waals surface area contributed by atoms with Gasteiger partial charge in [0.1, 0.15) is 17.3 Å². The summed E-state index contributed by atoms with van der Waals surface area (Å²) >= 11 is 0. The highest BCUT2D eigenvalue weighted by molar-refractivity contribution is 5.92. The molecule has 0 aliphatic heterocycles. The van der Waals surface area contributed by atoms with Gasteiger partial charge in [-0.2, -0.15) is 9.78 Å². The molecule has 0 bridgehead atoms. The van der Waals surface area contributed by atoms with Crippen LogP contribution in [0.15, 0.2) is 88.8 Å². The molecule has 0 spiro atoms. The number of nitrogens with zero attached hydrogens (tertiary/aromatic N) is 4. The first kappa shape index (κ1) is 32.5. The average Bonchev–Trinajstić information content (AvgIpc) is 3.03. The Labute approximate surface area is 269 Å². The molecule has 1 N–H and O–H groups in total. The lowest BCUT2D eigenvalue weighted by atomic mass is 9.96. The number of hydrogen-bond acceptors (Lipinski definition) is 8. The van der Waals surface area contributed by atoms with Crippen LogP contribution in [0, 0.1) is 22.9 Å². The highest BCUT2D eigenvalue weighted by Crippen LogP contribution is 2.34. The molecule has 0 saturated carbocycles. The van der Waals surface area contributed by atoms with Gasteiger partial charge in [0.05, 0.1) is 28.6 Å². The minimum atomic E-state index is -0.582. The number of carbonyl (C=O) groups is 1. The van der Waals surface area contributed by atoms with Crippen LogP contribution in [-0.2, 0) is 4.79 Å². The maximum absolute atomic E-state index is 13.9. The molecule has 12 heteroatoms. The SMILES string of the molecule is CCOc1cc(C)c(-c2nc3ccccc3c(=O)n2N=Cc2cc([N+](=O)[O-])ccc2OCC(=O)Nc2cccc(F)c2)cc1C(C)C. The maximum Gasteiger partial charge on any atom is 0.282 e. The molecule has 0 fully saturated rings. The zero-order valence-corrected chi connectivity index (χ0v) is 26.2. The predicted octanol–water partition coefficient (Wildman–Crippen LogP) is 6.84. The maximum atomic E-state index is 13.9. The van der Waals surface area contributed by atoms with Crippen LogP contribution in [0.4, 0.5) is 15.8 Å². The van der Waals surface area contributed by atoms with Crippen LogP contribution in [-0.4, -0.2) is 39.9 Å². The van der Waals surface area contributed by atoms with E-state index >= 15 is 0 Å². The van der Waals surface area contributed by atoms with Gasteiger partial charge in [0.15, 0.2) is 12.4 Å². The molecule has 0 unspecified atom stereocenters. The Morgan fingerprint density at radius 1 is 1.06 bits per heavy atom. The Hall–Kier alpha value is -5.91. The van der Waals surface area contributed by atoms with E-state index < -0.39 is 28.8 Å². The number of non-ortho nitro benzene ring substituents is 1. The van der Waals surface area contributed by atoms with Gasteiger partial charge < -0.3 is 14.8 Å². The second kappa shape index (κ2) is 14.0. The lowest BCUT2D eigenvalue weighted by molar-refractivity contribution is -0.384. The van der Waals surface area contributed by atoms with Crippen molar-refractivity contribution in [3.05, 3.63) is 122 Å². The number of aryl methyl sites for hydroxylation is 1. The van der Waals surface area contributed by atoms with E-state index in [0.717, 1.165) is 27.6 Å². The summed E-state index contributed by atoms with van der Waals surface area (Å²) in [5.74, 6) is 0.0907. The summed E-state index contributed by atoms with van der Waals surface area (Å²) in [6, 6.07) is 19.9. The van der Waals surface area contributed by atoms with Crippen LogP contribution < -0.4 is 20.3 Å². The van der Waals surface area contributed by atoms with Gasteiger partial charge in [0.2, 0.25) is 0 Å². The van der Waals surface area contributed by atoms with E-state index in [0.29, 0.717) is 23.1 Å². The number of hydrogen-bond donors (Lipinski definition) is 1. The zero-order valence-electron chi connectivity index (χ0n) is 26.2. The number of nitro benzene ring substituents is 1. The zero-order chi connectivity index (χ0) is 33.7. The topological polar surface area (TPSA) is 138 Å². The third-order valence-electron chi connectivity index (χ3n) is 7.26. The molecule has 1 heterocycles. The summed E-state index contributed by atoms with van der Waals surface area (Å²) in [5, 5.41) is 19.0. The molecule has 240 valence electrons. The number of nitrogens with one attached hydrogen (secondary N) is 1. The lowest BCUT2D eigenvalue weighted by Crippen LogP contribution is -2.21. The fourth-order valence-corrected chi connectivity index (χ4v) is 4.98. The molecular weight excluding hydrogens is 605 g/mol. The predicted molar refractivity (Wildman–Crippen MR) is 178 cm³/mol. The van der Waals surface area contributed by atoms with Gasteiger partial charge in [-0.3, -0.25) is 19.7 Å². The van der Waals surface area contributed by atoms with Gasteiger partial charge >= 0.3 is 0 Å². The van der Waals surface area contributed by atoms with Gasteiger partial charge in [-0.1, -0.05) is 32.0 Å². The standard InChI is InChI=1S/C35H32FN5O6/c1-5-46-32-15-22(4)29(18-28(32)21(2)3)34-39-30-12-7-6-11-27(30)35(43)40(34)37-19-23-16-26(41(44)45)13-14-31(23)47-20-33(42)38-25-10-8-9-24(36)17-25/h6-19,21H,5,20H2,1-4H3,(H,38,42). The number of amides is 1. The van der Waals surface area contributed by atoms with Gasteiger partial charge in [-0.15, -0.1) is 0 Å². The van der Waals surface area contributed by atoms with Crippen molar-refractivity contribution >= 4 is 34.4 Å². The van der Waals surface area contributed by atoms with Crippen molar-refractivity contribution in [2.75, 3.05) is 18.5 Å². The molecule has 1 aromatic heterocycles. The van der Waals surface area contributed by atoms with Gasteiger partial charge in [0, 0.05) is 28.9 Å². The molecule has 0 aliphatic rings. The van der Waals surface area contributed by atoms with Crippen molar-refractivity contribution in [1.29, 1.82) is 0 Å². The van der Waals surface area contributed by atoms with Crippen LogP contribution in [0.1, 0.15) is 43.4 Å². The first-order valence-corrected chi connectivity index (χ1v) is 14.9. The van der Waals surface area contributed by atoms with Gasteiger partial charge in [0.25, 0.3) is 17.2 Å². The van der Waals surface area contributed by atoms with Crippen molar-refractivity contribution < 1.29 is 23.6 Å². The lowest BCUT2D eigenvalue weighted by Gasteiger charge is -2.18. The van der Waals surface area contributed by atoms with E-state index in [4.69, 9.17) is 14.5 Å². The monoisotopic (exact) mass is 637 g/mol. The number of anilines is 1. The number of carbonyl (C=O) groups excluding carboxylic acids is 1. The number of fused-ring (bicyclic) bond motifs is 1. The summed E-state index contributed by atoms with van der Waals surface area (Å²) in [6.07, 6.45) is 1.25. The second-order valence-electron chi connectivity index (χ2n) is 10.9. The molecule has 4 aromatic carbocycles. The van der Waals surface area contributed by atoms with Crippen molar-refractivity contribution in [1.82, 2.24) is 9.66 Å². The van der Waals surface area contributed by atoms with E-state index in [-0.39, 0.29) is 34.4 Å². The Balaban J connectivity index is 1.58. The number of benzene rings is 4. The van der Waals surface area contributed by atoms with E-state index in [1.807, 2.05) is 39.8 Å². The molecule has 0 radical (unpaired) electrons. The molecule has 0 aliphatic carbocycles. The fraction of sp³-hybridized carbons (Fsp3) is 0.200.